The van der Waals surface area contributed by atoms with Gasteiger partial charge in [0.05, 0.1) is 4.90 Å². The van der Waals surface area contributed by atoms with Crippen molar-refractivity contribution in [3.8, 4) is 0 Å². The lowest BCUT2D eigenvalue weighted by Crippen LogP contribution is -2.35. The zero-order valence-electron chi connectivity index (χ0n) is 14.3. The van der Waals surface area contributed by atoms with Gasteiger partial charge in [0.15, 0.2) is 0 Å². The van der Waals surface area contributed by atoms with Crippen LogP contribution in [0.3, 0.4) is 0 Å². The molecule has 2 N–H and O–H groups in total. The molecule has 0 aliphatic carbocycles. The highest BCUT2D eigenvalue weighted by Gasteiger charge is 2.26. The number of pyridine rings is 1. The van der Waals surface area contributed by atoms with E-state index in [9.17, 15) is 16.8 Å². The molecule has 2 aromatic rings. The molecule has 1 aromatic carbocycles. The summed E-state index contributed by atoms with van der Waals surface area (Å²) in [6.07, 6.45) is 3.93. The quantitative estimate of drug-likeness (QED) is 0.680. The van der Waals surface area contributed by atoms with E-state index in [1.165, 1.54) is 46.9 Å². The van der Waals surface area contributed by atoms with E-state index in [4.69, 9.17) is 11.6 Å². The molecule has 27 heavy (non-hydrogen) atoms. The molecule has 1 saturated heterocycles. The molecule has 0 bridgehead atoms. The minimum atomic E-state index is -3.82. The topological polar surface area (TPSA) is 108 Å². The van der Waals surface area contributed by atoms with Crippen molar-refractivity contribution in [3.63, 3.8) is 0 Å². The van der Waals surface area contributed by atoms with Crippen molar-refractivity contribution in [1.29, 1.82) is 0 Å². The molecule has 1 aliphatic heterocycles. The van der Waals surface area contributed by atoms with Crippen molar-refractivity contribution >= 4 is 37.5 Å². The van der Waals surface area contributed by atoms with Gasteiger partial charge in [-0.15, -0.1) is 4.83 Å². The van der Waals surface area contributed by atoms with Crippen LogP contribution in [0.2, 0.25) is 5.02 Å². The number of aromatic nitrogens is 1. The number of nitrogens with zero attached hydrogens (tertiary/aromatic N) is 2. The second kappa shape index (κ2) is 8.11. The predicted octanol–water partition coefficient (Wildman–Crippen LogP) is 2.21. The maximum atomic E-state index is 12.6. The van der Waals surface area contributed by atoms with Gasteiger partial charge in [-0.1, -0.05) is 18.0 Å². The second-order valence-corrected chi connectivity index (χ2v) is 10.1. The Morgan fingerprint density at radius 2 is 1.52 bits per heavy atom. The first-order valence-corrected chi connectivity index (χ1v) is 11.6. The monoisotopic (exact) mass is 430 g/mol. The number of piperidine rings is 1. The van der Waals surface area contributed by atoms with Crippen LogP contribution in [-0.2, 0) is 20.0 Å². The highest BCUT2D eigenvalue weighted by Crippen LogP contribution is 2.20. The molecular formula is C16H19ClN4O4S2. The van der Waals surface area contributed by atoms with Crippen molar-refractivity contribution in [2.45, 2.75) is 29.1 Å². The highest BCUT2D eigenvalue weighted by molar-refractivity contribution is 7.89. The minimum Gasteiger partial charge on any atom is -0.292 e. The Kier molecular flexibility index (Phi) is 6.02. The number of hydrogen-bond donors (Lipinski definition) is 2. The Hall–Kier alpha value is -1.72. The van der Waals surface area contributed by atoms with Gasteiger partial charge in [-0.05, 0) is 49.2 Å². The molecule has 0 radical (unpaired) electrons. The number of nitrogens with one attached hydrogen (secondary N) is 2. The number of benzene rings is 1. The summed E-state index contributed by atoms with van der Waals surface area (Å²) in [6, 6.07) is 8.47. The molecule has 1 aliphatic rings. The average Bonchev–Trinajstić information content (AvgIpc) is 2.68. The smallest absolute Gasteiger partial charge is 0.257 e. The summed E-state index contributed by atoms with van der Waals surface area (Å²) in [5, 5.41) is 0.425. The number of rotatable bonds is 6. The number of hydrazine groups is 1. The molecule has 0 atom stereocenters. The molecule has 11 heteroatoms. The number of sulfonamides is 2. The second-order valence-electron chi connectivity index (χ2n) is 6.03. The fourth-order valence-corrected chi connectivity index (χ4v) is 5.09. The van der Waals surface area contributed by atoms with Crippen LogP contribution in [-0.4, -0.2) is 39.2 Å². The largest absolute Gasteiger partial charge is 0.292 e. The molecule has 1 aromatic heterocycles. The van der Waals surface area contributed by atoms with Gasteiger partial charge in [0.2, 0.25) is 10.0 Å². The van der Waals surface area contributed by atoms with E-state index < -0.39 is 20.0 Å². The third kappa shape index (κ3) is 4.77. The van der Waals surface area contributed by atoms with E-state index >= 15 is 0 Å². The van der Waals surface area contributed by atoms with Crippen LogP contribution in [0.15, 0.2) is 52.4 Å². The van der Waals surface area contributed by atoms with Gasteiger partial charge in [-0.2, -0.15) is 4.31 Å². The van der Waals surface area contributed by atoms with Gasteiger partial charge in [-0.25, -0.2) is 21.8 Å². The first-order chi connectivity index (χ1) is 12.8. The molecule has 0 unspecified atom stereocenters. The molecule has 8 nitrogen and oxygen atoms in total. The highest BCUT2D eigenvalue weighted by atomic mass is 35.5. The van der Waals surface area contributed by atoms with Crippen LogP contribution in [0.5, 0.6) is 0 Å². The first kappa shape index (κ1) is 20.0. The van der Waals surface area contributed by atoms with Gasteiger partial charge < -0.3 is 0 Å². The van der Waals surface area contributed by atoms with Crippen molar-refractivity contribution < 1.29 is 16.8 Å². The van der Waals surface area contributed by atoms with E-state index in [2.05, 4.69) is 15.2 Å². The standard InChI is InChI=1S/C16H19ClN4O4S2/c17-13-4-6-14(7-5-13)26(22,23)20-19-16-9-8-15(12-18-16)27(24,25)21-10-2-1-3-11-21/h4-9,12,20H,1-3,10-11H2,(H,18,19). The lowest BCUT2D eigenvalue weighted by Gasteiger charge is -2.25. The van der Waals surface area contributed by atoms with Crippen molar-refractivity contribution in [1.82, 2.24) is 14.1 Å². The Morgan fingerprint density at radius 3 is 2.11 bits per heavy atom. The van der Waals surface area contributed by atoms with E-state index in [0.717, 1.165) is 19.3 Å². The Morgan fingerprint density at radius 1 is 0.889 bits per heavy atom. The summed E-state index contributed by atoms with van der Waals surface area (Å²) in [5.74, 6) is 0.171. The normalized spacial score (nSPS) is 16.2. The summed E-state index contributed by atoms with van der Waals surface area (Å²) in [7, 11) is -7.39. The van der Waals surface area contributed by atoms with E-state index in [-0.39, 0.29) is 15.6 Å². The average molecular weight is 431 g/mol. The van der Waals surface area contributed by atoms with Gasteiger partial charge in [-0.3, -0.25) is 5.43 Å². The summed E-state index contributed by atoms with van der Waals surface area (Å²) in [5.41, 5.74) is 2.47. The molecule has 1 fully saturated rings. The third-order valence-electron chi connectivity index (χ3n) is 4.13. The predicted molar refractivity (Wildman–Crippen MR) is 102 cm³/mol. The summed E-state index contributed by atoms with van der Waals surface area (Å²) in [4.78, 5) is 6.29. The van der Waals surface area contributed by atoms with Crippen LogP contribution in [0.25, 0.3) is 0 Å². The van der Waals surface area contributed by atoms with E-state index in [1.807, 2.05) is 0 Å². The fraction of sp³-hybridized carbons (Fsp3) is 0.312. The van der Waals surface area contributed by atoms with Crippen LogP contribution in [0.4, 0.5) is 5.82 Å². The maximum absolute atomic E-state index is 12.6. The Labute approximate surface area is 163 Å². The molecule has 0 spiro atoms. The van der Waals surface area contributed by atoms with E-state index in [0.29, 0.717) is 18.1 Å². The zero-order valence-corrected chi connectivity index (χ0v) is 16.7. The lowest BCUT2D eigenvalue weighted by atomic mass is 10.2. The van der Waals surface area contributed by atoms with Crippen molar-refractivity contribution in [3.05, 3.63) is 47.6 Å². The van der Waals surface area contributed by atoms with Gasteiger partial charge in [0.25, 0.3) is 10.0 Å². The van der Waals surface area contributed by atoms with Crippen LogP contribution >= 0.6 is 11.6 Å². The van der Waals surface area contributed by atoms with Crippen molar-refractivity contribution in [2.24, 2.45) is 0 Å². The van der Waals surface area contributed by atoms with Gasteiger partial charge in [0.1, 0.15) is 10.7 Å². The van der Waals surface area contributed by atoms with Gasteiger partial charge in [0, 0.05) is 24.3 Å². The zero-order chi connectivity index (χ0) is 19.5. The maximum Gasteiger partial charge on any atom is 0.257 e. The summed E-state index contributed by atoms with van der Waals surface area (Å²) >= 11 is 5.75. The Bertz CT molecular complexity index is 988. The Balaban J connectivity index is 1.68. The molecule has 2 heterocycles. The van der Waals surface area contributed by atoms with Crippen LogP contribution in [0, 0.1) is 0 Å². The van der Waals surface area contributed by atoms with Crippen LogP contribution in [0.1, 0.15) is 19.3 Å². The SMILES string of the molecule is O=S(=O)(NNc1ccc(S(=O)(=O)N2CCCCC2)cn1)c1ccc(Cl)cc1. The number of anilines is 1. The lowest BCUT2D eigenvalue weighted by molar-refractivity contribution is 0.346. The first-order valence-electron chi connectivity index (χ1n) is 8.29. The molecule has 0 saturated carbocycles. The number of halogens is 1. The molecule has 146 valence electrons. The van der Waals surface area contributed by atoms with E-state index in [1.54, 1.807) is 0 Å². The minimum absolute atomic E-state index is 0.0312. The van der Waals surface area contributed by atoms with Crippen molar-refractivity contribution in [2.75, 3.05) is 18.5 Å². The van der Waals surface area contributed by atoms with Gasteiger partial charge >= 0.3 is 0 Å². The summed E-state index contributed by atoms with van der Waals surface area (Å²) < 4.78 is 51.0. The van der Waals surface area contributed by atoms with Crippen LogP contribution < -0.4 is 10.3 Å². The molecular weight excluding hydrogens is 412 g/mol. The summed E-state index contributed by atoms with van der Waals surface area (Å²) in [6.45, 7) is 1.01. The third-order valence-corrected chi connectivity index (χ3v) is 7.52. The number of hydrogen-bond acceptors (Lipinski definition) is 6. The molecule has 3 rings (SSSR count). The molecule has 0 amide bonds. The fourth-order valence-electron chi connectivity index (χ4n) is 2.65.